The standard InChI is InChI=1S/C20H20FN3O2/c1-23-17-11-14(19(25)22-12-13-4-7-15(21)8-5-13)6-9-16(17)20(26)24-10-2-3-18(23)24/h4-9,11,18H,2-3,10,12H2,1H3,(H,22,25)/t18-/m0/s1. The second-order valence-corrected chi connectivity index (χ2v) is 6.77. The summed E-state index contributed by atoms with van der Waals surface area (Å²) in [7, 11) is 1.97. The summed E-state index contributed by atoms with van der Waals surface area (Å²) in [6.07, 6.45) is 2.02. The normalized spacial score (nSPS) is 18.5. The lowest BCUT2D eigenvalue weighted by Crippen LogP contribution is -2.50. The van der Waals surface area contributed by atoms with Gasteiger partial charge in [-0.1, -0.05) is 12.1 Å². The number of rotatable bonds is 3. The summed E-state index contributed by atoms with van der Waals surface area (Å²) in [6, 6.07) is 11.2. The summed E-state index contributed by atoms with van der Waals surface area (Å²) in [5.41, 5.74) is 2.77. The summed E-state index contributed by atoms with van der Waals surface area (Å²) in [4.78, 5) is 29.1. The summed E-state index contributed by atoms with van der Waals surface area (Å²) in [6.45, 7) is 1.11. The number of carbonyl (C=O) groups is 2. The molecule has 2 heterocycles. The Bertz CT molecular complexity index is 866. The first kappa shape index (κ1) is 16.6. The zero-order chi connectivity index (χ0) is 18.3. The van der Waals surface area contributed by atoms with Crippen LogP contribution in [0.5, 0.6) is 0 Å². The highest BCUT2D eigenvalue weighted by atomic mass is 19.1. The number of benzene rings is 2. The summed E-state index contributed by atoms with van der Waals surface area (Å²) < 4.78 is 12.9. The highest BCUT2D eigenvalue weighted by molar-refractivity contribution is 6.04. The second-order valence-electron chi connectivity index (χ2n) is 6.77. The van der Waals surface area contributed by atoms with Crippen molar-refractivity contribution >= 4 is 17.5 Å². The number of fused-ring (bicyclic) bond motifs is 2. The molecule has 0 aliphatic carbocycles. The Morgan fingerprint density at radius 3 is 2.77 bits per heavy atom. The fourth-order valence-electron chi connectivity index (χ4n) is 3.74. The summed E-state index contributed by atoms with van der Waals surface area (Å²) in [5, 5.41) is 2.84. The van der Waals surface area contributed by atoms with Crippen LogP contribution in [0.2, 0.25) is 0 Å². The van der Waals surface area contributed by atoms with E-state index in [0.29, 0.717) is 17.7 Å². The van der Waals surface area contributed by atoms with E-state index < -0.39 is 0 Å². The molecule has 1 N–H and O–H groups in total. The molecule has 0 unspecified atom stereocenters. The number of anilines is 1. The number of amides is 2. The van der Waals surface area contributed by atoms with Crippen LogP contribution in [-0.2, 0) is 6.54 Å². The topological polar surface area (TPSA) is 52.7 Å². The van der Waals surface area contributed by atoms with Crippen molar-refractivity contribution in [3.8, 4) is 0 Å². The molecule has 2 aromatic rings. The lowest BCUT2D eigenvalue weighted by atomic mass is 10.0. The lowest BCUT2D eigenvalue weighted by molar-refractivity contribution is 0.0719. The highest BCUT2D eigenvalue weighted by Crippen LogP contribution is 2.35. The smallest absolute Gasteiger partial charge is 0.257 e. The molecule has 6 heteroatoms. The fraction of sp³-hybridized carbons (Fsp3) is 0.300. The molecule has 134 valence electrons. The maximum Gasteiger partial charge on any atom is 0.257 e. The Labute approximate surface area is 151 Å². The zero-order valence-corrected chi connectivity index (χ0v) is 14.5. The van der Waals surface area contributed by atoms with Crippen LogP contribution < -0.4 is 10.2 Å². The first-order valence-electron chi connectivity index (χ1n) is 8.75. The van der Waals surface area contributed by atoms with E-state index in [1.807, 2.05) is 11.9 Å². The van der Waals surface area contributed by atoms with Crippen LogP contribution in [-0.4, -0.2) is 36.5 Å². The molecule has 1 fully saturated rings. The van der Waals surface area contributed by atoms with Crippen molar-refractivity contribution in [1.82, 2.24) is 10.2 Å². The Morgan fingerprint density at radius 2 is 2.00 bits per heavy atom. The van der Waals surface area contributed by atoms with Crippen LogP contribution in [0, 0.1) is 5.82 Å². The first-order valence-corrected chi connectivity index (χ1v) is 8.75. The summed E-state index contributed by atoms with van der Waals surface area (Å²) in [5.74, 6) is -0.478. The van der Waals surface area contributed by atoms with Crippen LogP contribution in [0.4, 0.5) is 10.1 Å². The molecule has 0 saturated carbocycles. The van der Waals surface area contributed by atoms with Gasteiger partial charge in [0.25, 0.3) is 11.8 Å². The third-order valence-electron chi connectivity index (χ3n) is 5.17. The van der Waals surface area contributed by atoms with E-state index in [1.54, 1.807) is 30.3 Å². The predicted molar refractivity (Wildman–Crippen MR) is 96.5 cm³/mol. The molecule has 0 aromatic heterocycles. The van der Waals surface area contributed by atoms with Gasteiger partial charge in [0, 0.05) is 25.7 Å². The van der Waals surface area contributed by atoms with Gasteiger partial charge in [-0.3, -0.25) is 9.59 Å². The van der Waals surface area contributed by atoms with Crippen molar-refractivity contribution in [2.75, 3.05) is 18.5 Å². The van der Waals surface area contributed by atoms with Crippen molar-refractivity contribution < 1.29 is 14.0 Å². The minimum atomic E-state index is -0.302. The SMILES string of the molecule is CN1c2cc(C(=O)NCc3ccc(F)cc3)ccc2C(=O)N2CCC[C@H]21. The molecule has 2 aliphatic heterocycles. The maximum absolute atomic E-state index is 12.9. The molecule has 1 atom stereocenters. The minimum absolute atomic E-state index is 0.0406. The largest absolute Gasteiger partial charge is 0.354 e. The van der Waals surface area contributed by atoms with Crippen molar-refractivity contribution in [3.63, 3.8) is 0 Å². The Hall–Kier alpha value is -2.89. The number of nitrogens with zero attached hydrogens (tertiary/aromatic N) is 2. The van der Waals surface area contributed by atoms with Crippen molar-refractivity contribution in [1.29, 1.82) is 0 Å². The monoisotopic (exact) mass is 353 g/mol. The van der Waals surface area contributed by atoms with Crippen LogP contribution >= 0.6 is 0 Å². The van der Waals surface area contributed by atoms with Gasteiger partial charge in [-0.05, 0) is 48.7 Å². The average molecular weight is 353 g/mol. The molecule has 0 bridgehead atoms. The zero-order valence-electron chi connectivity index (χ0n) is 14.5. The minimum Gasteiger partial charge on any atom is -0.354 e. The molecule has 5 nitrogen and oxygen atoms in total. The van der Waals surface area contributed by atoms with Crippen molar-refractivity contribution in [2.45, 2.75) is 25.6 Å². The van der Waals surface area contributed by atoms with Gasteiger partial charge in [-0.25, -0.2) is 4.39 Å². The number of nitrogens with one attached hydrogen (secondary N) is 1. The van der Waals surface area contributed by atoms with E-state index in [0.717, 1.165) is 30.6 Å². The van der Waals surface area contributed by atoms with E-state index in [4.69, 9.17) is 0 Å². The number of halogens is 1. The fourth-order valence-corrected chi connectivity index (χ4v) is 3.74. The van der Waals surface area contributed by atoms with E-state index in [9.17, 15) is 14.0 Å². The maximum atomic E-state index is 12.9. The van der Waals surface area contributed by atoms with Gasteiger partial charge in [-0.15, -0.1) is 0 Å². The molecule has 0 radical (unpaired) electrons. The molecule has 1 saturated heterocycles. The summed E-state index contributed by atoms with van der Waals surface area (Å²) >= 11 is 0. The second kappa shape index (κ2) is 6.44. The van der Waals surface area contributed by atoms with Gasteiger partial charge in [0.05, 0.1) is 11.3 Å². The van der Waals surface area contributed by atoms with Gasteiger partial charge in [0.1, 0.15) is 12.0 Å². The van der Waals surface area contributed by atoms with Crippen LogP contribution in [0.25, 0.3) is 0 Å². The van der Waals surface area contributed by atoms with Gasteiger partial charge in [-0.2, -0.15) is 0 Å². The molecule has 2 amide bonds. The van der Waals surface area contributed by atoms with Crippen LogP contribution in [0.15, 0.2) is 42.5 Å². The van der Waals surface area contributed by atoms with Gasteiger partial charge >= 0.3 is 0 Å². The van der Waals surface area contributed by atoms with Crippen LogP contribution in [0.1, 0.15) is 39.1 Å². The van der Waals surface area contributed by atoms with Gasteiger partial charge in [0.15, 0.2) is 0 Å². The highest BCUT2D eigenvalue weighted by Gasteiger charge is 2.38. The quantitative estimate of drug-likeness (QED) is 0.923. The molecule has 26 heavy (non-hydrogen) atoms. The predicted octanol–water partition coefficient (Wildman–Crippen LogP) is 2.77. The molecule has 0 spiro atoms. The number of carbonyl (C=O) groups excluding carboxylic acids is 2. The van der Waals surface area contributed by atoms with Crippen molar-refractivity contribution in [3.05, 3.63) is 65.0 Å². The third kappa shape index (κ3) is 2.81. The Balaban J connectivity index is 1.53. The molecule has 2 aromatic carbocycles. The van der Waals surface area contributed by atoms with E-state index >= 15 is 0 Å². The lowest BCUT2D eigenvalue weighted by Gasteiger charge is -2.40. The Kier molecular flexibility index (Phi) is 4.11. The van der Waals surface area contributed by atoms with Gasteiger partial charge in [0.2, 0.25) is 0 Å². The van der Waals surface area contributed by atoms with Gasteiger partial charge < -0.3 is 15.1 Å². The molecular formula is C20H20FN3O2. The first-order chi connectivity index (χ1) is 12.5. The Morgan fingerprint density at radius 1 is 1.23 bits per heavy atom. The molecular weight excluding hydrogens is 333 g/mol. The molecule has 4 rings (SSSR count). The average Bonchev–Trinajstić information content (AvgIpc) is 3.15. The van der Waals surface area contributed by atoms with E-state index in [1.165, 1.54) is 12.1 Å². The van der Waals surface area contributed by atoms with Crippen molar-refractivity contribution in [2.24, 2.45) is 0 Å². The van der Waals surface area contributed by atoms with E-state index in [2.05, 4.69) is 10.2 Å². The number of hydrogen-bond donors (Lipinski definition) is 1. The van der Waals surface area contributed by atoms with E-state index in [-0.39, 0.29) is 23.8 Å². The number of hydrogen-bond acceptors (Lipinski definition) is 3. The molecule has 2 aliphatic rings. The third-order valence-corrected chi connectivity index (χ3v) is 5.17. The van der Waals surface area contributed by atoms with Crippen LogP contribution in [0.3, 0.4) is 0 Å².